The summed E-state index contributed by atoms with van der Waals surface area (Å²) in [5, 5.41) is 0. The Balaban J connectivity index is 1.52. The van der Waals surface area contributed by atoms with E-state index in [1.807, 2.05) is 6.92 Å². The summed E-state index contributed by atoms with van der Waals surface area (Å²) in [5.74, 6) is 0.712. The minimum absolute atomic E-state index is 0.0715. The molecule has 0 spiro atoms. The number of benzene rings is 2. The van der Waals surface area contributed by atoms with E-state index in [1.54, 1.807) is 55.6 Å². The van der Waals surface area contributed by atoms with Crippen molar-refractivity contribution in [3.05, 3.63) is 59.7 Å². The van der Waals surface area contributed by atoms with Crippen molar-refractivity contribution in [1.82, 2.24) is 4.90 Å². The Morgan fingerprint density at radius 1 is 0.933 bits per heavy atom. The standard InChI is InChI=1S/C24H30N2O3S/c1-18-9-15-22(16-10-18)30(28,29)25(2)21-13-11-20(12-14-21)24(27)26-17-5-7-19-6-3-4-8-23(19)26/h9-16,19,23H,3-8,17H2,1-2H3. The molecule has 1 aliphatic carbocycles. The van der Waals surface area contributed by atoms with Crippen LogP contribution < -0.4 is 4.31 Å². The van der Waals surface area contributed by atoms with Gasteiger partial charge >= 0.3 is 0 Å². The second-order valence-corrected chi connectivity index (χ2v) is 10.6. The Labute approximate surface area is 179 Å². The number of hydrogen-bond donors (Lipinski definition) is 0. The number of amides is 1. The number of hydrogen-bond acceptors (Lipinski definition) is 3. The molecule has 4 rings (SSSR count). The number of carbonyl (C=O) groups is 1. The summed E-state index contributed by atoms with van der Waals surface area (Å²) in [6, 6.07) is 14.1. The molecule has 2 fully saturated rings. The predicted octanol–water partition coefficient (Wildman–Crippen LogP) is 4.61. The van der Waals surface area contributed by atoms with Crippen molar-refractivity contribution in [2.75, 3.05) is 17.9 Å². The molecule has 6 heteroatoms. The summed E-state index contributed by atoms with van der Waals surface area (Å²) in [7, 11) is -2.10. The number of carbonyl (C=O) groups excluding carboxylic acids is 1. The second-order valence-electron chi connectivity index (χ2n) is 8.59. The predicted molar refractivity (Wildman–Crippen MR) is 119 cm³/mol. The van der Waals surface area contributed by atoms with Gasteiger partial charge in [0.25, 0.3) is 15.9 Å². The molecule has 2 aromatic carbocycles. The van der Waals surface area contributed by atoms with Crippen LogP contribution in [-0.2, 0) is 10.0 Å². The molecule has 0 N–H and O–H groups in total. The number of sulfonamides is 1. The van der Waals surface area contributed by atoms with Gasteiger partial charge in [0.05, 0.1) is 10.6 Å². The van der Waals surface area contributed by atoms with Crippen LogP contribution in [0.15, 0.2) is 53.4 Å². The molecule has 30 heavy (non-hydrogen) atoms. The Bertz CT molecular complexity index is 998. The molecule has 5 nitrogen and oxygen atoms in total. The fourth-order valence-corrected chi connectivity index (χ4v) is 6.06. The molecule has 2 aromatic rings. The van der Waals surface area contributed by atoms with Gasteiger partial charge in [-0.15, -0.1) is 0 Å². The summed E-state index contributed by atoms with van der Waals surface area (Å²) in [6.07, 6.45) is 7.11. The van der Waals surface area contributed by atoms with E-state index in [9.17, 15) is 13.2 Å². The molecule has 0 bridgehead atoms. The van der Waals surface area contributed by atoms with E-state index < -0.39 is 10.0 Å². The van der Waals surface area contributed by atoms with Gasteiger partial charge in [0.1, 0.15) is 0 Å². The van der Waals surface area contributed by atoms with E-state index in [1.165, 1.54) is 30.0 Å². The van der Waals surface area contributed by atoms with Gasteiger partial charge in [-0.3, -0.25) is 9.10 Å². The van der Waals surface area contributed by atoms with Crippen molar-refractivity contribution in [2.45, 2.75) is 56.4 Å². The fraction of sp³-hybridized carbons (Fsp3) is 0.458. The van der Waals surface area contributed by atoms with Crippen LogP contribution in [0.2, 0.25) is 0 Å². The van der Waals surface area contributed by atoms with E-state index in [0.717, 1.165) is 24.9 Å². The third-order valence-corrected chi connectivity index (χ3v) is 8.46. The minimum Gasteiger partial charge on any atom is -0.335 e. The highest BCUT2D eigenvalue weighted by Gasteiger charge is 2.36. The fourth-order valence-electron chi connectivity index (χ4n) is 4.86. The van der Waals surface area contributed by atoms with Crippen LogP contribution >= 0.6 is 0 Å². The number of anilines is 1. The first-order valence-electron chi connectivity index (χ1n) is 10.8. The summed E-state index contributed by atoms with van der Waals surface area (Å²) < 4.78 is 27.1. The molecule has 160 valence electrons. The average molecular weight is 427 g/mol. The van der Waals surface area contributed by atoms with Gasteiger partial charge in [-0.1, -0.05) is 30.5 Å². The topological polar surface area (TPSA) is 57.7 Å². The number of likely N-dealkylation sites (tertiary alicyclic amines) is 1. The van der Waals surface area contributed by atoms with Gasteiger partial charge in [-0.25, -0.2) is 8.42 Å². The maximum atomic E-state index is 13.2. The van der Waals surface area contributed by atoms with Crippen molar-refractivity contribution in [1.29, 1.82) is 0 Å². The molecule has 0 radical (unpaired) electrons. The molecule has 1 heterocycles. The Hall–Kier alpha value is -2.34. The van der Waals surface area contributed by atoms with E-state index >= 15 is 0 Å². The summed E-state index contributed by atoms with van der Waals surface area (Å²) in [4.78, 5) is 15.5. The lowest BCUT2D eigenvalue weighted by Crippen LogP contribution is -2.49. The largest absolute Gasteiger partial charge is 0.335 e. The van der Waals surface area contributed by atoms with E-state index in [-0.39, 0.29) is 10.8 Å². The van der Waals surface area contributed by atoms with Crippen LogP contribution in [0.1, 0.15) is 54.4 Å². The zero-order valence-corrected chi connectivity index (χ0v) is 18.6. The van der Waals surface area contributed by atoms with Crippen molar-refractivity contribution < 1.29 is 13.2 Å². The SMILES string of the molecule is Cc1ccc(S(=O)(=O)N(C)c2ccc(C(=O)N3CCCC4CCCCC43)cc2)cc1. The minimum atomic E-state index is -3.64. The zero-order chi connectivity index (χ0) is 21.3. The first-order valence-corrected chi connectivity index (χ1v) is 12.3. The maximum absolute atomic E-state index is 13.2. The molecule has 2 aliphatic rings. The molecule has 1 saturated heterocycles. The summed E-state index contributed by atoms with van der Waals surface area (Å²) in [5.41, 5.74) is 2.19. The third-order valence-electron chi connectivity index (χ3n) is 6.66. The van der Waals surface area contributed by atoms with Crippen molar-refractivity contribution in [2.24, 2.45) is 5.92 Å². The highest BCUT2D eigenvalue weighted by molar-refractivity contribution is 7.92. The Morgan fingerprint density at radius 2 is 1.57 bits per heavy atom. The molecule has 2 atom stereocenters. The third kappa shape index (κ3) is 3.97. The van der Waals surface area contributed by atoms with Gasteiger partial charge in [-0.05, 0) is 74.9 Å². The van der Waals surface area contributed by atoms with Gasteiger partial charge < -0.3 is 4.90 Å². The molecule has 1 aliphatic heterocycles. The second kappa shape index (κ2) is 8.42. The zero-order valence-electron chi connectivity index (χ0n) is 17.8. The lowest BCUT2D eigenvalue weighted by molar-refractivity contribution is 0.0390. The monoisotopic (exact) mass is 426 g/mol. The molecular weight excluding hydrogens is 396 g/mol. The van der Waals surface area contributed by atoms with Crippen molar-refractivity contribution in [3.63, 3.8) is 0 Å². The smallest absolute Gasteiger partial charge is 0.264 e. The Morgan fingerprint density at radius 3 is 2.27 bits per heavy atom. The Kier molecular flexibility index (Phi) is 5.87. The van der Waals surface area contributed by atoms with Crippen LogP contribution in [0.4, 0.5) is 5.69 Å². The summed E-state index contributed by atoms with van der Waals surface area (Å²) in [6.45, 7) is 2.75. The normalized spacial score (nSPS) is 21.7. The molecule has 2 unspecified atom stereocenters. The van der Waals surface area contributed by atoms with Gasteiger partial charge in [-0.2, -0.15) is 0 Å². The summed E-state index contributed by atoms with van der Waals surface area (Å²) >= 11 is 0. The number of aryl methyl sites for hydroxylation is 1. The lowest BCUT2D eigenvalue weighted by atomic mass is 9.78. The first-order chi connectivity index (χ1) is 14.4. The molecule has 0 aromatic heterocycles. The molecular formula is C24H30N2O3S. The number of piperidine rings is 1. The van der Waals surface area contributed by atoms with Gasteiger partial charge in [0.2, 0.25) is 0 Å². The van der Waals surface area contributed by atoms with Crippen molar-refractivity contribution >= 4 is 21.6 Å². The average Bonchev–Trinajstić information content (AvgIpc) is 2.78. The van der Waals surface area contributed by atoms with Crippen LogP contribution in [0, 0.1) is 12.8 Å². The van der Waals surface area contributed by atoms with E-state index in [4.69, 9.17) is 0 Å². The van der Waals surface area contributed by atoms with Crippen LogP contribution in [-0.4, -0.2) is 38.9 Å². The van der Waals surface area contributed by atoms with Crippen LogP contribution in [0.5, 0.6) is 0 Å². The number of fused-ring (bicyclic) bond motifs is 1. The van der Waals surface area contributed by atoms with Crippen molar-refractivity contribution in [3.8, 4) is 0 Å². The quantitative estimate of drug-likeness (QED) is 0.717. The first kappa shape index (κ1) is 20.9. The number of nitrogens with zero attached hydrogens (tertiary/aromatic N) is 2. The highest BCUT2D eigenvalue weighted by Crippen LogP contribution is 2.36. The maximum Gasteiger partial charge on any atom is 0.264 e. The highest BCUT2D eigenvalue weighted by atomic mass is 32.2. The van der Waals surface area contributed by atoms with Gasteiger partial charge in [0.15, 0.2) is 0 Å². The molecule has 1 saturated carbocycles. The van der Waals surface area contributed by atoms with Crippen LogP contribution in [0.3, 0.4) is 0 Å². The lowest BCUT2D eigenvalue weighted by Gasteiger charge is -2.44. The van der Waals surface area contributed by atoms with E-state index in [2.05, 4.69) is 4.90 Å². The van der Waals surface area contributed by atoms with E-state index in [0.29, 0.717) is 23.2 Å². The number of rotatable bonds is 4. The van der Waals surface area contributed by atoms with Gasteiger partial charge in [0, 0.05) is 25.2 Å². The van der Waals surface area contributed by atoms with Crippen LogP contribution in [0.25, 0.3) is 0 Å². The molecule has 1 amide bonds.